The molecule has 6 nitrogen and oxygen atoms in total. The Labute approximate surface area is 150 Å². The summed E-state index contributed by atoms with van der Waals surface area (Å²) in [6.45, 7) is 3.21. The van der Waals surface area contributed by atoms with Gasteiger partial charge in [-0.2, -0.15) is 10.2 Å². The van der Waals surface area contributed by atoms with Crippen molar-refractivity contribution in [2.24, 2.45) is 0 Å². The second-order valence-electron chi connectivity index (χ2n) is 5.99. The van der Waals surface area contributed by atoms with E-state index in [2.05, 4.69) is 27.5 Å². The lowest BCUT2D eigenvalue weighted by Crippen LogP contribution is -2.23. The molecule has 0 saturated heterocycles. The Kier molecular flexibility index (Phi) is 4.23. The zero-order valence-electron chi connectivity index (χ0n) is 14.4. The fraction of sp³-hybridized carbons (Fsp3) is 0.150. The first-order chi connectivity index (χ1) is 12.8. The van der Waals surface area contributed by atoms with Crippen LogP contribution in [0.15, 0.2) is 60.8 Å². The molecule has 0 aliphatic carbocycles. The summed E-state index contributed by atoms with van der Waals surface area (Å²) in [5.41, 5.74) is 4.10. The minimum atomic E-state index is -0.173. The molecule has 0 bridgehead atoms. The highest BCUT2D eigenvalue weighted by Crippen LogP contribution is 2.21. The van der Waals surface area contributed by atoms with Crippen LogP contribution in [-0.2, 0) is 13.1 Å². The lowest BCUT2D eigenvalue weighted by molar-refractivity contribution is 0.0951. The maximum absolute atomic E-state index is 12.7. The van der Waals surface area contributed by atoms with E-state index in [4.69, 9.17) is 0 Å². The van der Waals surface area contributed by atoms with Gasteiger partial charge < -0.3 is 5.32 Å². The third-order valence-electron chi connectivity index (χ3n) is 4.40. The summed E-state index contributed by atoms with van der Waals surface area (Å²) >= 11 is 0. The molecule has 26 heavy (non-hydrogen) atoms. The molecule has 4 rings (SSSR count). The molecule has 0 saturated carbocycles. The number of amides is 1. The Morgan fingerprint density at radius 1 is 1.12 bits per heavy atom. The van der Waals surface area contributed by atoms with Gasteiger partial charge >= 0.3 is 0 Å². The van der Waals surface area contributed by atoms with Crippen LogP contribution < -0.4 is 5.32 Å². The molecule has 2 heterocycles. The number of carbonyl (C=O) groups excluding carboxylic acids is 1. The number of nitrogens with zero attached hydrogens (tertiary/aromatic N) is 3. The normalized spacial score (nSPS) is 11.0. The van der Waals surface area contributed by atoms with Crippen LogP contribution in [0.4, 0.5) is 0 Å². The molecular formula is C20H19N5O. The van der Waals surface area contributed by atoms with Crippen molar-refractivity contribution in [3.8, 4) is 11.3 Å². The van der Waals surface area contributed by atoms with Crippen molar-refractivity contribution in [2.45, 2.75) is 20.0 Å². The summed E-state index contributed by atoms with van der Waals surface area (Å²) in [5, 5.41) is 15.6. The number of carbonyl (C=O) groups is 1. The van der Waals surface area contributed by atoms with Crippen LogP contribution in [0, 0.1) is 0 Å². The van der Waals surface area contributed by atoms with Gasteiger partial charge in [-0.05, 0) is 13.0 Å². The predicted octanol–water partition coefficient (Wildman–Crippen LogP) is 3.38. The number of fused-ring (bicyclic) bond motifs is 1. The summed E-state index contributed by atoms with van der Waals surface area (Å²) in [6.07, 6.45) is 1.56. The number of para-hydroxylation sites is 1. The van der Waals surface area contributed by atoms with Gasteiger partial charge in [0.05, 0.1) is 35.2 Å². The van der Waals surface area contributed by atoms with Crippen LogP contribution in [-0.4, -0.2) is 25.9 Å². The second-order valence-corrected chi connectivity index (χ2v) is 5.99. The van der Waals surface area contributed by atoms with Gasteiger partial charge in [-0.3, -0.25) is 14.6 Å². The Hall–Kier alpha value is -3.41. The molecule has 0 radical (unpaired) electrons. The number of rotatable bonds is 5. The zero-order chi connectivity index (χ0) is 17.9. The van der Waals surface area contributed by atoms with Crippen molar-refractivity contribution in [1.82, 2.24) is 25.3 Å². The molecule has 2 aromatic heterocycles. The van der Waals surface area contributed by atoms with E-state index in [0.717, 1.165) is 28.7 Å². The predicted molar refractivity (Wildman–Crippen MR) is 101 cm³/mol. The molecule has 0 atom stereocenters. The molecule has 0 fully saturated rings. The first-order valence-corrected chi connectivity index (χ1v) is 8.59. The van der Waals surface area contributed by atoms with Gasteiger partial charge in [0, 0.05) is 17.5 Å². The molecule has 0 aliphatic heterocycles. The van der Waals surface area contributed by atoms with Crippen molar-refractivity contribution in [3.63, 3.8) is 0 Å². The van der Waals surface area contributed by atoms with Crippen LogP contribution in [0.5, 0.6) is 0 Å². The van der Waals surface area contributed by atoms with Gasteiger partial charge in [0.15, 0.2) is 0 Å². The van der Waals surface area contributed by atoms with E-state index >= 15 is 0 Å². The fourth-order valence-corrected chi connectivity index (χ4v) is 3.11. The molecule has 130 valence electrons. The fourth-order valence-electron chi connectivity index (χ4n) is 3.11. The van der Waals surface area contributed by atoms with Crippen LogP contribution in [0.25, 0.3) is 22.2 Å². The number of aromatic amines is 1. The quantitative estimate of drug-likeness (QED) is 0.582. The number of hydrogen-bond acceptors (Lipinski definition) is 3. The number of nitrogens with one attached hydrogen (secondary N) is 2. The van der Waals surface area contributed by atoms with Crippen LogP contribution in [0.2, 0.25) is 0 Å². The minimum Gasteiger partial charge on any atom is -0.346 e. The van der Waals surface area contributed by atoms with Crippen LogP contribution in [0.1, 0.15) is 23.0 Å². The summed E-state index contributed by atoms with van der Waals surface area (Å²) in [4.78, 5) is 12.7. The summed E-state index contributed by atoms with van der Waals surface area (Å²) in [5.74, 6) is -0.173. The Balaban J connectivity index is 1.57. The van der Waals surface area contributed by atoms with Crippen LogP contribution >= 0.6 is 0 Å². The Bertz CT molecular complexity index is 1050. The topological polar surface area (TPSA) is 75.6 Å². The zero-order valence-corrected chi connectivity index (χ0v) is 14.4. The van der Waals surface area contributed by atoms with Gasteiger partial charge in [-0.25, -0.2) is 0 Å². The van der Waals surface area contributed by atoms with E-state index in [-0.39, 0.29) is 5.91 Å². The molecule has 4 aromatic rings. The molecule has 6 heteroatoms. The average molecular weight is 345 g/mol. The molecule has 0 aliphatic rings. The van der Waals surface area contributed by atoms with Crippen molar-refractivity contribution in [2.75, 3.05) is 0 Å². The lowest BCUT2D eigenvalue weighted by Gasteiger charge is -2.05. The van der Waals surface area contributed by atoms with E-state index in [9.17, 15) is 4.79 Å². The van der Waals surface area contributed by atoms with Crippen molar-refractivity contribution < 1.29 is 4.79 Å². The first kappa shape index (κ1) is 16.1. The molecule has 0 unspecified atom stereocenters. The largest absolute Gasteiger partial charge is 0.346 e. The van der Waals surface area contributed by atoms with Crippen molar-refractivity contribution >= 4 is 16.8 Å². The van der Waals surface area contributed by atoms with E-state index in [0.29, 0.717) is 17.8 Å². The van der Waals surface area contributed by atoms with E-state index < -0.39 is 0 Å². The Morgan fingerprint density at radius 3 is 2.69 bits per heavy atom. The van der Waals surface area contributed by atoms with E-state index in [1.165, 1.54) is 0 Å². The summed E-state index contributed by atoms with van der Waals surface area (Å²) in [7, 11) is 0. The number of hydrogen-bond donors (Lipinski definition) is 2. The molecular weight excluding hydrogens is 326 g/mol. The smallest absolute Gasteiger partial charge is 0.255 e. The number of benzene rings is 2. The molecule has 2 aromatic carbocycles. The molecule has 1 amide bonds. The number of aromatic nitrogens is 4. The highest BCUT2D eigenvalue weighted by molar-refractivity contribution is 5.99. The van der Waals surface area contributed by atoms with Crippen LogP contribution in [0.3, 0.4) is 0 Å². The van der Waals surface area contributed by atoms with Gasteiger partial charge in [0.25, 0.3) is 5.91 Å². The highest BCUT2D eigenvalue weighted by Gasteiger charge is 2.16. The van der Waals surface area contributed by atoms with Gasteiger partial charge in [-0.1, -0.05) is 48.5 Å². The SMILES string of the molecule is CCn1nc(CNC(=O)c2cn[nH]c2-c2ccccc2)c2ccccc21. The maximum atomic E-state index is 12.7. The first-order valence-electron chi connectivity index (χ1n) is 8.59. The Morgan fingerprint density at radius 2 is 1.88 bits per heavy atom. The maximum Gasteiger partial charge on any atom is 0.255 e. The van der Waals surface area contributed by atoms with E-state index in [1.807, 2.05) is 59.3 Å². The van der Waals surface area contributed by atoms with Gasteiger partial charge in [-0.15, -0.1) is 0 Å². The summed E-state index contributed by atoms with van der Waals surface area (Å²) in [6, 6.07) is 17.7. The summed E-state index contributed by atoms with van der Waals surface area (Å²) < 4.78 is 1.95. The minimum absolute atomic E-state index is 0.173. The number of H-pyrrole nitrogens is 1. The lowest BCUT2D eigenvalue weighted by atomic mass is 10.1. The van der Waals surface area contributed by atoms with Crippen molar-refractivity contribution in [1.29, 1.82) is 0 Å². The van der Waals surface area contributed by atoms with Gasteiger partial charge in [0.2, 0.25) is 0 Å². The molecule has 0 spiro atoms. The highest BCUT2D eigenvalue weighted by atomic mass is 16.1. The molecule has 2 N–H and O–H groups in total. The van der Waals surface area contributed by atoms with E-state index in [1.54, 1.807) is 6.20 Å². The standard InChI is InChI=1S/C20H19N5O/c1-2-25-18-11-7-6-10-15(18)17(24-25)13-21-20(26)16-12-22-23-19(16)14-8-4-3-5-9-14/h3-12H,2,13H2,1H3,(H,21,26)(H,22,23). The average Bonchev–Trinajstić information content (AvgIpc) is 3.32. The van der Waals surface area contributed by atoms with Gasteiger partial charge in [0.1, 0.15) is 0 Å². The number of aryl methyl sites for hydroxylation is 1. The second kappa shape index (κ2) is 6.84. The third-order valence-corrected chi connectivity index (χ3v) is 4.40. The van der Waals surface area contributed by atoms with Crippen molar-refractivity contribution in [3.05, 3.63) is 72.1 Å². The third kappa shape index (κ3) is 2.86. The monoisotopic (exact) mass is 345 g/mol.